The molecule has 0 aliphatic heterocycles. The highest BCUT2D eigenvalue weighted by Gasteiger charge is 2.12. The standard InChI is InChI=1S/C9H9NO3/c1-6-3-8(5-12-6)9(11)13-7(2)4-10/h3,5,7H,1-2H3. The zero-order chi connectivity index (χ0) is 9.84. The molecule has 1 aromatic heterocycles. The highest BCUT2D eigenvalue weighted by Crippen LogP contribution is 2.08. The van der Waals surface area contributed by atoms with Gasteiger partial charge in [-0.05, 0) is 19.9 Å². The van der Waals surface area contributed by atoms with Crippen LogP contribution in [0.3, 0.4) is 0 Å². The molecule has 1 atom stereocenters. The van der Waals surface area contributed by atoms with Gasteiger partial charge in [0.1, 0.15) is 18.1 Å². The van der Waals surface area contributed by atoms with Crippen LogP contribution >= 0.6 is 0 Å². The third-order valence-corrected chi connectivity index (χ3v) is 1.43. The van der Waals surface area contributed by atoms with E-state index >= 15 is 0 Å². The molecule has 0 aromatic carbocycles. The quantitative estimate of drug-likeness (QED) is 0.647. The lowest BCUT2D eigenvalue weighted by Crippen LogP contribution is -2.12. The van der Waals surface area contributed by atoms with Crippen LogP contribution in [0, 0.1) is 18.3 Å². The van der Waals surface area contributed by atoms with Crippen LogP contribution in [0.5, 0.6) is 0 Å². The number of carbonyl (C=O) groups is 1. The number of hydrogen-bond donors (Lipinski definition) is 0. The number of nitriles is 1. The van der Waals surface area contributed by atoms with Crippen LogP contribution in [-0.2, 0) is 4.74 Å². The number of hydrogen-bond acceptors (Lipinski definition) is 4. The molecule has 0 saturated heterocycles. The van der Waals surface area contributed by atoms with Gasteiger partial charge in [0.2, 0.25) is 0 Å². The number of rotatable bonds is 2. The van der Waals surface area contributed by atoms with E-state index in [9.17, 15) is 4.79 Å². The van der Waals surface area contributed by atoms with Crippen LogP contribution in [-0.4, -0.2) is 12.1 Å². The van der Waals surface area contributed by atoms with Gasteiger partial charge >= 0.3 is 5.97 Å². The van der Waals surface area contributed by atoms with Gasteiger partial charge in [0.05, 0.1) is 5.56 Å². The third-order valence-electron chi connectivity index (χ3n) is 1.43. The average molecular weight is 179 g/mol. The lowest BCUT2D eigenvalue weighted by Gasteiger charge is -2.02. The zero-order valence-corrected chi connectivity index (χ0v) is 7.40. The van der Waals surface area contributed by atoms with Gasteiger partial charge in [0.25, 0.3) is 0 Å². The maximum atomic E-state index is 11.2. The molecule has 0 saturated carbocycles. The Balaban J connectivity index is 2.65. The second-order valence-electron chi connectivity index (χ2n) is 2.62. The molecule has 0 fully saturated rings. The topological polar surface area (TPSA) is 63.2 Å². The largest absolute Gasteiger partial charge is 0.469 e. The number of carbonyl (C=O) groups excluding carboxylic acids is 1. The minimum absolute atomic E-state index is 0.333. The van der Waals surface area contributed by atoms with Crippen molar-refractivity contribution in [3.8, 4) is 6.07 Å². The molecular weight excluding hydrogens is 170 g/mol. The monoisotopic (exact) mass is 179 g/mol. The van der Waals surface area contributed by atoms with Crippen molar-refractivity contribution in [1.29, 1.82) is 5.26 Å². The molecule has 0 N–H and O–H groups in total. The van der Waals surface area contributed by atoms with Crippen LogP contribution in [0.2, 0.25) is 0 Å². The molecule has 1 unspecified atom stereocenters. The van der Waals surface area contributed by atoms with E-state index in [4.69, 9.17) is 14.4 Å². The number of furan rings is 1. The van der Waals surface area contributed by atoms with Crippen molar-refractivity contribution < 1.29 is 13.9 Å². The lowest BCUT2D eigenvalue weighted by molar-refractivity contribution is 0.0434. The molecule has 68 valence electrons. The van der Waals surface area contributed by atoms with Crippen LogP contribution in [0.4, 0.5) is 0 Å². The highest BCUT2D eigenvalue weighted by atomic mass is 16.5. The highest BCUT2D eigenvalue weighted by molar-refractivity contribution is 5.89. The Labute approximate surface area is 75.7 Å². The number of ether oxygens (including phenoxy) is 1. The number of nitrogens with zero attached hydrogens (tertiary/aromatic N) is 1. The van der Waals surface area contributed by atoms with E-state index in [2.05, 4.69) is 0 Å². The fourth-order valence-corrected chi connectivity index (χ4v) is 0.805. The van der Waals surface area contributed by atoms with E-state index < -0.39 is 12.1 Å². The summed E-state index contributed by atoms with van der Waals surface area (Å²) in [6.07, 6.45) is 0.574. The molecule has 0 bridgehead atoms. The molecule has 1 rings (SSSR count). The predicted molar refractivity (Wildman–Crippen MR) is 43.9 cm³/mol. The van der Waals surface area contributed by atoms with Crippen LogP contribution in [0.1, 0.15) is 23.0 Å². The first-order chi connectivity index (χ1) is 6.13. The fraction of sp³-hybridized carbons (Fsp3) is 0.333. The van der Waals surface area contributed by atoms with Crippen molar-refractivity contribution in [1.82, 2.24) is 0 Å². The Morgan fingerprint density at radius 2 is 2.46 bits per heavy atom. The smallest absolute Gasteiger partial charge is 0.342 e. The maximum Gasteiger partial charge on any atom is 0.342 e. The molecular formula is C9H9NO3. The Hall–Kier alpha value is -1.76. The van der Waals surface area contributed by atoms with Crippen molar-refractivity contribution in [3.63, 3.8) is 0 Å². The lowest BCUT2D eigenvalue weighted by atomic mass is 10.3. The van der Waals surface area contributed by atoms with Crippen molar-refractivity contribution in [2.75, 3.05) is 0 Å². The fourth-order valence-electron chi connectivity index (χ4n) is 0.805. The summed E-state index contributed by atoms with van der Waals surface area (Å²) < 4.78 is 9.66. The van der Waals surface area contributed by atoms with Crippen molar-refractivity contribution in [2.45, 2.75) is 20.0 Å². The van der Waals surface area contributed by atoms with Crippen LogP contribution in [0.25, 0.3) is 0 Å². The Kier molecular flexibility index (Phi) is 2.70. The van der Waals surface area contributed by atoms with Crippen LogP contribution < -0.4 is 0 Å². The maximum absolute atomic E-state index is 11.2. The summed E-state index contributed by atoms with van der Waals surface area (Å²) in [5.74, 6) is 0.0995. The zero-order valence-electron chi connectivity index (χ0n) is 7.40. The summed E-state index contributed by atoms with van der Waals surface area (Å²) in [5, 5.41) is 8.39. The number of aryl methyl sites for hydroxylation is 1. The number of esters is 1. The molecule has 1 heterocycles. The SMILES string of the molecule is Cc1cc(C(=O)OC(C)C#N)co1. The van der Waals surface area contributed by atoms with E-state index in [-0.39, 0.29) is 0 Å². The minimum Gasteiger partial charge on any atom is -0.469 e. The Morgan fingerprint density at radius 1 is 1.77 bits per heavy atom. The molecule has 0 aliphatic carbocycles. The van der Waals surface area contributed by atoms with Gasteiger partial charge in [-0.15, -0.1) is 0 Å². The van der Waals surface area contributed by atoms with Gasteiger partial charge < -0.3 is 9.15 Å². The third kappa shape index (κ3) is 2.34. The van der Waals surface area contributed by atoms with Gasteiger partial charge in [0, 0.05) is 0 Å². The van der Waals surface area contributed by atoms with Gasteiger partial charge in [-0.2, -0.15) is 5.26 Å². The predicted octanol–water partition coefficient (Wildman–Crippen LogP) is 1.66. The van der Waals surface area contributed by atoms with E-state index in [0.717, 1.165) is 0 Å². The molecule has 0 radical (unpaired) electrons. The molecule has 0 spiro atoms. The summed E-state index contributed by atoms with van der Waals surface area (Å²) in [6.45, 7) is 3.23. The van der Waals surface area contributed by atoms with E-state index in [1.54, 1.807) is 19.1 Å². The van der Waals surface area contributed by atoms with Gasteiger partial charge in [-0.25, -0.2) is 4.79 Å². The van der Waals surface area contributed by atoms with Crippen molar-refractivity contribution in [2.24, 2.45) is 0 Å². The summed E-state index contributed by atoms with van der Waals surface area (Å²) >= 11 is 0. The summed E-state index contributed by atoms with van der Waals surface area (Å²) in [7, 11) is 0. The average Bonchev–Trinajstić information content (AvgIpc) is 2.51. The first kappa shape index (κ1) is 9.33. The summed E-state index contributed by atoms with van der Waals surface area (Å²) in [6, 6.07) is 3.36. The first-order valence-electron chi connectivity index (χ1n) is 3.79. The normalized spacial score (nSPS) is 11.8. The van der Waals surface area contributed by atoms with Crippen molar-refractivity contribution in [3.05, 3.63) is 23.7 Å². The minimum atomic E-state index is -0.734. The molecule has 1 aromatic rings. The molecule has 0 amide bonds. The van der Waals surface area contributed by atoms with E-state index in [1.807, 2.05) is 0 Å². The van der Waals surface area contributed by atoms with Gasteiger partial charge in [0.15, 0.2) is 6.10 Å². The van der Waals surface area contributed by atoms with Crippen molar-refractivity contribution >= 4 is 5.97 Å². The summed E-state index contributed by atoms with van der Waals surface area (Å²) in [4.78, 5) is 11.2. The molecule has 4 heteroatoms. The van der Waals surface area contributed by atoms with Crippen LogP contribution in [0.15, 0.2) is 16.7 Å². The van der Waals surface area contributed by atoms with Gasteiger partial charge in [-0.3, -0.25) is 0 Å². The Morgan fingerprint density at radius 3 is 2.92 bits per heavy atom. The van der Waals surface area contributed by atoms with E-state index in [1.165, 1.54) is 13.2 Å². The Bertz CT molecular complexity index is 348. The first-order valence-corrected chi connectivity index (χ1v) is 3.79. The molecule has 13 heavy (non-hydrogen) atoms. The van der Waals surface area contributed by atoms with Gasteiger partial charge in [-0.1, -0.05) is 0 Å². The second kappa shape index (κ2) is 3.76. The van der Waals surface area contributed by atoms with E-state index in [0.29, 0.717) is 11.3 Å². The summed E-state index contributed by atoms with van der Waals surface area (Å²) in [5.41, 5.74) is 0.333. The molecule has 0 aliphatic rings. The second-order valence-corrected chi connectivity index (χ2v) is 2.62. The molecule has 4 nitrogen and oxygen atoms in total.